The predicted molar refractivity (Wildman–Crippen MR) is 41.2 cm³/mol. The minimum Gasteiger partial charge on any atom is -0.465 e. The van der Waals surface area contributed by atoms with Gasteiger partial charge in [0.15, 0.2) is 0 Å². The zero-order valence-corrected chi connectivity index (χ0v) is 9.70. The molecule has 0 aliphatic heterocycles. The van der Waals surface area contributed by atoms with Gasteiger partial charge in [-0.15, -0.1) is 0 Å². The van der Waals surface area contributed by atoms with Gasteiger partial charge in [-0.3, -0.25) is 4.98 Å². The molecule has 0 fully saturated rings. The molecule has 0 aliphatic rings. The molecule has 2 aromatic heterocycles. The minimum atomic E-state index is 0. The summed E-state index contributed by atoms with van der Waals surface area (Å²) in [6, 6.07) is 0. The van der Waals surface area contributed by atoms with E-state index in [1.807, 2.05) is 10.6 Å². The molecule has 0 N–H and O–H groups in total. The van der Waals surface area contributed by atoms with Gasteiger partial charge in [-0.2, -0.15) is 0 Å². The molecule has 2 rings (SSSR count). The van der Waals surface area contributed by atoms with Crippen LogP contribution in [0.4, 0.5) is 0 Å². The van der Waals surface area contributed by atoms with Crippen LogP contribution in [0, 0.1) is 6.20 Å². The molecule has 2 aromatic rings. The van der Waals surface area contributed by atoms with Gasteiger partial charge in [-0.05, 0) is 18.8 Å². The molecule has 0 bridgehead atoms. The summed E-state index contributed by atoms with van der Waals surface area (Å²) in [6.07, 6.45) is 9.15. The molecule has 12 heavy (non-hydrogen) atoms. The number of aryl methyl sites for hydroxylation is 1. The summed E-state index contributed by atoms with van der Waals surface area (Å²) in [5, 5.41) is 0. The Labute approximate surface area is 96.1 Å². The van der Waals surface area contributed by atoms with E-state index in [9.17, 15) is 0 Å². The van der Waals surface area contributed by atoms with Gasteiger partial charge in [0.05, 0.1) is 0 Å². The Kier molecular flexibility index (Phi) is 3.35. The van der Waals surface area contributed by atoms with E-state index in [4.69, 9.17) is 0 Å². The van der Waals surface area contributed by atoms with Gasteiger partial charge >= 0.3 is 0 Å². The summed E-state index contributed by atoms with van der Waals surface area (Å²) in [4.78, 5) is 8.33. The summed E-state index contributed by atoms with van der Waals surface area (Å²) < 4.78 is 1.85. The second-order valence-corrected chi connectivity index (χ2v) is 2.31. The van der Waals surface area contributed by atoms with Crippen LogP contribution in [0.3, 0.4) is 0 Å². The van der Waals surface area contributed by atoms with Gasteiger partial charge in [0.1, 0.15) is 0 Å². The van der Waals surface area contributed by atoms with Gasteiger partial charge < -0.3 is 9.38 Å². The smallest absolute Gasteiger partial charge is 0.0461 e. The molecule has 0 unspecified atom stereocenters. The van der Waals surface area contributed by atoms with Gasteiger partial charge in [-0.25, -0.2) is 0 Å². The van der Waals surface area contributed by atoms with Crippen molar-refractivity contribution in [2.45, 2.75) is 13.3 Å². The van der Waals surface area contributed by atoms with Crippen molar-refractivity contribution in [3.05, 3.63) is 30.5 Å². The van der Waals surface area contributed by atoms with Crippen molar-refractivity contribution in [3.63, 3.8) is 0 Å². The van der Waals surface area contributed by atoms with E-state index in [2.05, 4.69) is 23.1 Å². The van der Waals surface area contributed by atoms with Crippen molar-refractivity contribution in [1.29, 1.82) is 0 Å². The van der Waals surface area contributed by atoms with E-state index in [0.717, 1.165) is 17.8 Å². The topological polar surface area (TPSA) is 30.2 Å². The van der Waals surface area contributed by atoms with Crippen molar-refractivity contribution in [2.75, 3.05) is 0 Å². The standard InChI is InChI=1S/C8H8N3.Y/c1-2-7-8-10-4-6-11(8)5-3-9-7;/h3-5H,2H2,1H3;/q-1;. The van der Waals surface area contributed by atoms with Crippen LogP contribution in [0.25, 0.3) is 5.65 Å². The zero-order valence-electron chi connectivity index (χ0n) is 6.86. The molecule has 1 radical (unpaired) electrons. The van der Waals surface area contributed by atoms with Crippen LogP contribution in [-0.4, -0.2) is 14.4 Å². The van der Waals surface area contributed by atoms with Crippen LogP contribution in [0.1, 0.15) is 12.6 Å². The molecule has 59 valence electrons. The molecule has 0 amide bonds. The molecule has 0 atom stereocenters. The second-order valence-electron chi connectivity index (χ2n) is 2.31. The quantitative estimate of drug-likeness (QED) is 0.692. The van der Waals surface area contributed by atoms with Gasteiger partial charge in [0, 0.05) is 44.1 Å². The van der Waals surface area contributed by atoms with Crippen LogP contribution in [0.5, 0.6) is 0 Å². The third-order valence-corrected chi connectivity index (χ3v) is 1.65. The second kappa shape index (κ2) is 4.10. The predicted octanol–water partition coefficient (Wildman–Crippen LogP) is 1.09. The third kappa shape index (κ3) is 1.57. The maximum absolute atomic E-state index is 4.19. The summed E-state index contributed by atoms with van der Waals surface area (Å²) in [6.45, 7) is 2.07. The van der Waals surface area contributed by atoms with Crippen molar-refractivity contribution in [2.24, 2.45) is 0 Å². The number of nitrogens with zero attached hydrogens (tertiary/aromatic N) is 3. The van der Waals surface area contributed by atoms with Crippen LogP contribution in [0.2, 0.25) is 0 Å². The molecular formula is C8H8N3Y-. The van der Waals surface area contributed by atoms with E-state index in [0.29, 0.717) is 0 Å². The Balaban J connectivity index is 0.000000720. The average Bonchev–Trinajstić information content (AvgIpc) is 2.50. The van der Waals surface area contributed by atoms with Gasteiger partial charge in [0.2, 0.25) is 0 Å². The van der Waals surface area contributed by atoms with Gasteiger partial charge in [0.25, 0.3) is 0 Å². The maximum Gasteiger partial charge on any atom is 0.0461 e. The average molecular weight is 235 g/mol. The zero-order chi connectivity index (χ0) is 7.68. The summed E-state index contributed by atoms with van der Waals surface area (Å²) in [5.74, 6) is 0. The van der Waals surface area contributed by atoms with Crippen LogP contribution in [0.15, 0.2) is 18.6 Å². The minimum absolute atomic E-state index is 0. The number of fused-ring (bicyclic) bond motifs is 1. The Morgan fingerprint density at radius 3 is 3.08 bits per heavy atom. The van der Waals surface area contributed by atoms with E-state index < -0.39 is 0 Å². The molecule has 0 saturated heterocycles. The fraction of sp³-hybridized carbons (Fsp3) is 0.250. The van der Waals surface area contributed by atoms with Crippen molar-refractivity contribution < 1.29 is 32.7 Å². The third-order valence-electron chi connectivity index (χ3n) is 1.65. The fourth-order valence-electron chi connectivity index (χ4n) is 1.10. The molecule has 4 heteroatoms. The summed E-state index contributed by atoms with van der Waals surface area (Å²) in [5.41, 5.74) is 1.93. The van der Waals surface area contributed by atoms with Crippen molar-refractivity contribution in [3.8, 4) is 0 Å². The molecule has 0 spiro atoms. The SMILES string of the molecule is CCc1nccn2[c-]cnc12.[Y]. The molecule has 3 nitrogen and oxygen atoms in total. The van der Waals surface area contributed by atoms with Gasteiger partial charge in [-0.1, -0.05) is 19.3 Å². The number of aromatic nitrogens is 3. The van der Waals surface area contributed by atoms with E-state index >= 15 is 0 Å². The van der Waals surface area contributed by atoms with Crippen LogP contribution < -0.4 is 0 Å². The largest absolute Gasteiger partial charge is 0.465 e. The monoisotopic (exact) mass is 235 g/mol. The Bertz CT molecular complexity index is 369. The Morgan fingerprint density at radius 1 is 1.50 bits per heavy atom. The molecule has 2 heterocycles. The first kappa shape index (κ1) is 9.81. The molecule has 0 saturated carbocycles. The van der Waals surface area contributed by atoms with E-state index in [1.165, 1.54) is 0 Å². The van der Waals surface area contributed by atoms with E-state index in [1.54, 1.807) is 12.4 Å². The first-order chi connectivity index (χ1) is 5.42. The number of hydrogen-bond acceptors (Lipinski definition) is 2. The maximum atomic E-state index is 4.19. The fourth-order valence-corrected chi connectivity index (χ4v) is 1.10. The molecular weight excluding hydrogens is 227 g/mol. The number of hydrogen-bond donors (Lipinski definition) is 0. The normalized spacial score (nSPS) is 9.75. The summed E-state index contributed by atoms with van der Waals surface area (Å²) in [7, 11) is 0. The van der Waals surface area contributed by atoms with E-state index in [-0.39, 0.29) is 32.7 Å². The Morgan fingerprint density at radius 2 is 2.33 bits per heavy atom. The van der Waals surface area contributed by atoms with Crippen molar-refractivity contribution >= 4 is 5.65 Å². The Hall–Kier alpha value is -0.276. The van der Waals surface area contributed by atoms with Crippen molar-refractivity contribution in [1.82, 2.24) is 14.4 Å². The molecule has 0 aromatic carbocycles. The van der Waals surface area contributed by atoms with Crippen LogP contribution >= 0.6 is 0 Å². The van der Waals surface area contributed by atoms with Crippen LogP contribution in [-0.2, 0) is 39.1 Å². The summed E-state index contributed by atoms with van der Waals surface area (Å²) >= 11 is 0. The number of imidazole rings is 1. The first-order valence-electron chi connectivity index (χ1n) is 3.60. The number of rotatable bonds is 1. The first-order valence-corrected chi connectivity index (χ1v) is 3.60. The molecule has 0 aliphatic carbocycles.